The van der Waals surface area contributed by atoms with E-state index in [-0.39, 0.29) is 0 Å². The standard InChI is InChI=1S/C13H10IN3S/c1-9-12(14)7-16-13(17-9)18-8-11-4-2-10(6-15)3-5-11/h2-5,7H,8H2,1H3. The van der Waals surface area contributed by atoms with Crippen molar-refractivity contribution in [3.8, 4) is 6.07 Å². The molecule has 0 saturated heterocycles. The summed E-state index contributed by atoms with van der Waals surface area (Å²) in [7, 11) is 0. The Balaban J connectivity index is 2.02. The van der Waals surface area contributed by atoms with Crippen LogP contribution in [0.15, 0.2) is 35.6 Å². The van der Waals surface area contributed by atoms with E-state index < -0.39 is 0 Å². The largest absolute Gasteiger partial charge is 0.230 e. The zero-order chi connectivity index (χ0) is 13.0. The normalized spacial score (nSPS) is 10.1. The van der Waals surface area contributed by atoms with Crippen molar-refractivity contribution in [2.45, 2.75) is 17.8 Å². The van der Waals surface area contributed by atoms with Gasteiger partial charge in [0.1, 0.15) is 0 Å². The highest BCUT2D eigenvalue weighted by molar-refractivity contribution is 14.1. The summed E-state index contributed by atoms with van der Waals surface area (Å²) in [5.41, 5.74) is 2.86. The van der Waals surface area contributed by atoms with Crippen LogP contribution < -0.4 is 0 Å². The van der Waals surface area contributed by atoms with Crippen LogP contribution in [-0.4, -0.2) is 9.97 Å². The Labute approximate surface area is 124 Å². The summed E-state index contributed by atoms with van der Waals surface area (Å²) in [6.45, 7) is 1.98. The second kappa shape index (κ2) is 6.16. The average Bonchev–Trinajstić information content (AvgIpc) is 2.41. The van der Waals surface area contributed by atoms with Crippen LogP contribution in [0.1, 0.15) is 16.8 Å². The van der Waals surface area contributed by atoms with E-state index in [4.69, 9.17) is 5.26 Å². The molecule has 0 aliphatic carbocycles. The Kier molecular flexibility index (Phi) is 4.55. The fourth-order valence-corrected chi connectivity index (χ4v) is 2.40. The molecule has 0 atom stereocenters. The van der Waals surface area contributed by atoms with E-state index in [2.05, 4.69) is 38.6 Å². The SMILES string of the molecule is Cc1nc(SCc2ccc(C#N)cc2)ncc1I. The topological polar surface area (TPSA) is 49.6 Å². The summed E-state index contributed by atoms with van der Waals surface area (Å²) in [5.74, 6) is 0.811. The zero-order valence-electron chi connectivity index (χ0n) is 9.72. The number of aromatic nitrogens is 2. The maximum Gasteiger partial charge on any atom is 0.188 e. The molecule has 18 heavy (non-hydrogen) atoms. The first-order chi connectivity index (χ1) is 8.69. The van der Waals surface area contributed by atoms with Crippen LogP contribution in [0.3, 0.4) is 0 Å². The van der Waals surface area contributed by atoms with Crippen LogP contribution in [0.5, 0.6) is 0 Å². The number of thioether (sulfide) groups is 1. The highest BCUT2D eigenvalue weighted by Crippen LogP contribution is 2.20. The van der Waals surface area contributed by atoms with Crippen LogP contribution in [0.25, 0.3) is 0 Å². The van der Waals surface area contributed by atoms with Gasteiger partial charge in [0.05, 0.1) is 20.9 Å². The van der Waals surface area contributed by atoms with Crippen LogP contribution in [-0.2, 0) is 5.75 Å². The van der Waals surface area contributed by atoms with Crippen molar-refractivity contribution in [1.29, 1.82) is 5.26 Å². The minimum atomic E-state index is 0.685. The van der Waals surface area contributed by atoms with Crippen LogP contribution in [0, 0.1) is 21.8 Å². The smallest absolute Gasteiger partial charge is 0.188 e. The fraction of sp³-hybridized carbons (Fsp3) is 0.154. The first-order valence-electron chi connectivity index (χ1n) is 5.30. The molecule has 0 aliphatic heterocycles. The highest BCUT2D eigenvalue weighted by atomic mass is 127. The highest BCUT2D eigenvalue weighted by Gasteiger charge is 2.02. The van der Waals surface area contributed by atoms with Gasteiger partial charge in [0, 0.05) is 11.9 Å². The van der Waals surface area contributed by atoms with E-state index in [1.165, 1.54) is 5.56 Å². The maximum absolute atomic E-state index is 8.72. The third-order valence-electron chi connectivity index (χ3n) is 2.35. The van der Waals surface area contributed by atoms with Gasteiger partial charge in [0.2, 0.25) is 0 Å². The first-order valence-corrected chi connectivity index (χ1v) is 7.36. The quantitative estimate of drug-likeness (QED) is 0.473. The van der Waals surface area contributed by atoms with Crippen molar-refractivity contribution in [2.24, 2.45) is 0 Å². The number of benzene rings is 1. The zero-order valence-corrected chi connectivity index (χ0v) is 12.7. The predicted molar refractivity (Wildman–Crippen MR) is 80.2 cm³/mol. The first kappa shape index (κ1) is 13.3. The van der Waals surface area contributed by atoms with Crippen molar-refractivity contribution in [2.75, 3.05) is 0 Å². The van der Waals surface area contributed by atoms with Crippen molar-refractivity contribution in [3.05, 3.63) is 50.9 Å². The Bertz CT molecular complexity index is 590. The van der Waals surface area contributed by atoms with Gasteiger partial charge in [-0.2, -0.15) is 5.26 Å². The molecule has 0 unspecified atom stereocenters. The second-order valence-electron chi connectivity index (χ2n) is 3.68. The molecule has 90 valence electrons. The Hall–Kier alpha value is -1.13. The van der Waals surface area contributed by atoms with Gasteiger partial charge in [0.15, 0.2) is 5.16 Å². The molecule has 1 heterocycles. The third-order valence-corrected chi connectivity index (χ3v) is 4.34. The van der Waals surface area contributed by atoms with Gasteiger partial charge < -0.3 is 0 Å². The Morgan fingerprint density at radius 2 is 2.06 bits per heavy atom. The number of nitrogens with zero attached hydrogens (tertiary/aromatic N) is 3. The van der Waals surface area contributed by atoms with Crippen LogP contribution in [0.2, 0.25) is 0 Å². The Morgan fingerprint density at radius 3 is 2.67 bits per heavy atom. The molecule has 0 aliphatic rings. The molecule has 5 heteroatoms. The summed E-state index contributed by atoms with van der Waals surface area (Å²) in [5, 5.41) is 9.51. The summed E-state index contributed by atoms with van der Waals surface area (Å²) in [6.07, 6.45) is 1.84. The predicted octanol–water partition coefficient (Wildman–Crippen LogP) is 3.55. The van der Waals surface area contributed by atoms with Gasteiger partial charge in [-0.15, -0.1) is 0 Å². The van der Waals surface area contributed by atoms with Gasteiger partial charge in [-0.3, -0.25) is 0 Å². The van der Waals surface area contributed by atoms with E-state index >= 15 is 0 Å². The lowest BCUT2D eigenvalue weighted by atomic mass is 10.2. The second-order valence-corrected chi connectivity index (χ2v) is 5.79. The number of hydrogen-bond acceptors (Lipinski definition) is 4. The number of nitriles is 1. The van der Waals surface area contributed by atoms with Gasteiger partial charge in [0.25, 0.3) is 0 Å². The molecule has 0 bridgehead atoms. The summed E-state index contributed by atoms with van der Waals surface area (Å²) in [6, 6.07) is 9.69. The monoisotopic (exact) mass is 367 g/mol. The van der Waals surface area contributed by atoms with Crippen LogP contribution in [0.4, 0.5) is 0 Å². The molecule has 0 fully saturated rings. The number of halogens is 1. The number of hydrogen-bond donors (Lipinski definition) is 0. The Morgan fingerprint density at radius 1 is 1.33 bits per heavy atom. The molecule has 0 radical (unpaired) electrons. The minimum Gasteiger partial charge on any atom is -0.230 e. The van der Waals surface area contributed by atoms with Crippen LogP contribution >= 0.6 is 34.4 Å². The molecular weight excluding hydrogens is 357 g/mol. The van der Waals surface area contributed by atoms with Crippen molar-refractivity contribution in [3.63, 3.8) is 0 Å². The van der Waals surface area contributed by atoms with E-state index in [1.807, 2.05) is 37.4 Å². The van der Waals surface area contributed by atoms with Crippen molar-refractivity contribution < 1.29 is 0 Å². The minimum absolute atomic E-state index is 0.685. The fourth-order valence-electron chi connectivity index (χ4n) is 1.32. The summed E-state index contributed by atoms with van der Waals surface area (Å²) < 4.78 is 1.08. The summed E-state index contributed by atoms with van der Waals surface area (Å²) >= 11 is 3.83. The van der Waals surface area contributed by atoms with E-state index in [9.17, 15) is 0 Å². The lowest BCUT2D eigenvalue weighted by Crippen LogP contribution is -1.93. The summed E-state index contributed by atoms with van der Waals surface area (Å²) in [4.78, 5) is 8.69. The lowest BCUT2D eigenvalue weighted by Gasteiger charge is -2.02. The van der Waals surface area contributed by atoms with Gasteiger partial charge in [-0.25, -0.2) is 9.97 Å². The molecule has 2 aromatic rings. The van der Waals surface area contributed by atoms with Crippen molar-refractivity contribution in [1.82, 2.24) is 9.97 Å². The number of rotatable bonds is 3. The molecule has 0 spiro atoms. The van der Waals surface area contributed by atoms with E-state index in [1.54, 1.807) is 11.8 Å². The van der Waals surface area contributed by atoms with E-state index in [0.29, 0.717) is 5.56 Å². The number of aryl methyl sites for hydroxylation is 1. The molecule has 0 N–H and O–H groups in total. The molecule has 1 aromatic heterocycles. The van der Waals surface area contributed by atoms with E-state index in [0.717, 1.165) is 20.2 Å². The molecule has 0 amide bonds. The average molecular weight is 367 g/mol. The van der Waals surface area contributed by atoms with Gasteiger partial charge in [-0.1, -0.05) is 23.9 Å². The molecule has 3 nitrogen and oxygen atoms in total. The maximum atomic E-state index is 8.72. The molecule has 2 rings (SSSR count). The molecule has 0 saturated carbocycles. The van der Waals surface area contributed by atoms with Gasteiger partial charge in [-0.05, 0) is 47.2 Å². The third kappa shape index (κ3) is 3.43. The molecule has 1 aromatic carbocycles. The van der Waals surface area contributed by atoms with Gasteiger partial charge >= 0.3 is 0 Å². The lowest BCUT2D eigenvalue weighted by molar-refractivity contribution is 0.920. The van der Waals surface area contributed by atoms with Crippen molar-refractivity contribution >= 4 is 34.4 Å². The molecular formula is C13H10IN3S.